The van der Waals surface area contributed by atoms with E-state index in [1.807, 2.05) is 0 Å². The second-order valence-corrected chi connectivity index (χ2v) is 10.8. The third-order valence-electron chi connectivity index (χ3n) is 7.43. The van der Waals surface area contributed by atoms with E-state index in [9.17, 15) is 19.8 Å². The number of phenols is 1. The SMILES string of the molecule is Cc1[nH]n(C2CCC(C(C)(C)C)CC2)c(=O)c1N=NC1(C(=O)O)C=CC=C(c2ccccc2O)C1. The third-order valence-corrected chi connectivity index (χ3v) is 7.43. The van der Waals surface area contributed by atoms with Gasteiger partial charge in [-0.3, -0.25) is 9.89 Å². The number of benzene rings is 1. The lowest BCUT2D eigenvalue weighted by atomic mass is 9.71. The molecule has 1 atom stereocenters. The minimum absolute atomic E-state index is 0.00832. The number of carboxylic acids is 1. The van der Waals surface area contributed by atoms with Gasteiger partial charge in [0.2, 0.25) is 5.54 Å². The topological polar surface area (TPSA) is 120 Å². The van der Waals surface area contributed by atoms with Crippen LogP contribution in [0.5, 0.6) is 5.75 Å². The summed E-state index contributed by atoms with van der Waals surface area (Å²) in [5.74, 6) is -0.479. The highest BCUT2D eigenvalue weighted by atomic mass is 16.4. The fourth-order valence-corrected chi connectivity index (χ4v) is 5.19. The van der Waals surface area contributed by atoms with Gasteiger partial charge in [-0.25, -0.2) is 9.48 Å². The van der Waals surface area contributed by atoms with Gasteiger partial charge >= 0.3 is 5.97 Å². The van der Waals surface area contributed by atoms with Crippen molar-refractivity contribution in [3.05, 3.63) is 64.1 Å². The molecular weight excluding hydrogens is 444 g/mol. The Hall–Kier alpha value is -3.42. The zero-order chi connectivity index (χ0) is 25.4. The first-order chi connectivity index (χ1) is 16.5. The van der Waals surface area contributed by atoms with Crippen molar-refractivity contribution in [1.29, 1.82) is 0 Å². The number of nitrogens with one attached hydrogen (secondary N) is 1. The zero-order valence-electron chi connectivity index (χ0n) is 20.8. The van der Waals surface area contributed by atoms with E-state index < -0.39 is 11.5 Å². The number of aromatic nitrogens is 2. The van der Waals surface area contributed by atoms with E-state index in [4.69, 9.17) is 0 Å². The summed E-state index contributed by atoms with van der Waals surface area (Å²) in [5, 5.41) is 31.8. The van der Waals surface area contributed by atoms with Crippen LogP contribution in [0.2, 0.25) is 0 Å². The lowest BCUT2D eigenvalue weighted by Crippen LogP contribution is -2.35. The first-order valence-corrected chi connectivity index (χ1v) is 12.2. The Morgan fingerprint density at radius 1 is 1.17 bits per heavy atom. The number of carbonyl (C=O) groups is 1. The number of nitrogens with zero attached hydrogens (tertiary/aromatic N) is 3. The van der Waals surface area contributed by atoms with Crippen LogP contribution >= 0.6 is 0 Å². The van der Waals surface area contributed by atoms with Crippen molar-refractivity contribution in [1.82, 2.24) is 9.78 Å². The lowest BCUT2D eigenvalue weighted by molar-refractivity contribution is -0.141. The number of phenolic OH excluding ortho intramolecular Hbond substituents is 1. The molecule has 1 heterocycles. The molecule has 1 aromatic carbocycles. The number of hydrogen-bond donors (Lipinski definition) is 3. The van der Waals surface area contributed by atoms with E-state index in [2.05, 4.69) is 36.1 Å². The van der Waals surface area contributed by atoms with Gasteiger partial charge in [-0.15, -0.1) is 5.11 Å². The minimum atomic E-state index is -1.67. The first kappa shape index (κ1) is 24.7. The van der Waals surface area contributed by atoms with Crippen molar-refractivity contribution in [2.24, 2.45) is 21.6 Å². The quantitative estimate of drug-likeness (QED) is 0.462. The summed E-state index contributed by atoms with van der Waals surface area (Å²) >= 11 is 0. The predicted molar refractivity (Wildman–Crippen MR) is 135 cm³/mol. The molecule has 1 fully saturated rings. The molecule has 8 nitrogen and oxygen atoms in total. The molecular formula is C27H34N4O4. The summed E-state index contributed by atoms with van der Waals surface area (Å²) in [6.45, 7) is 8.54. The van der Waals surface area contributed by atoms with Gasteiger partial charge in [-0.05, 0) is 61.7 Å². The van der Waals surface area contributed by atoms with Crippen molar-refractivity contribution in [3.8, 4) is 5.75 Å². The Labute approximate surface area is 205 Å². The third kappa shape index (κ3) is 4.88. The van der Waals surface area contributed by atoms with Gasteiger partial charge in [0.05, 0.1) is 11.7 Å². The molecule has 186 valence electrons. The molecule has 1 unspecified atom stereocenters. The van der Waals surface area contributed by atoms with Gasteiger partial charge in [0.15, 0.2) is 5.69 Å². The van der Waals surface area contributed by atoms with Crippen LogP contribution in [0.4, 0.5) is 5.69 Å². The van der Waals surface area contributed by atoms with Crippen molar-refractivity contribution in [2.45, 2.75) is 71.4 Å². The maximum atomic E-state index is 13.2. The average molecular weight is 479 g/mol. The minimum Gasteiger partial charge on any atom is -0.507 e. The highest BCUT2D eigenvalue weighted by Crippen LogP contribution is 2.41. The Morgan fingerprint density at radius 2 is 1.86 bits per heavy atom. The average Bonchev–Trinajstić information content (AvgIpc) is 3.10. The van der Waals surface area contributed by atoms with E-state index in [-0.39, 0.29) is 34.9 Å². The van der Waals surface area contributed by atoms with Gasteiger partial charge in [-0.1, -0.05) is 51.1 Å². The van der Waals surface area contributed by atoms with Crippen molar-refractivity contribution < 1.29 is 15.0 Å². The molecule has 2 aromatic rings. The maximum absolute atomic E-state index is 13.2. The molecule has 0 amide bonds. The highest BCUT2D eigenvalue weighted by Gasteiger charge is 2.40. The number of aromatic amines is 1. The monoisotopic (exact) mass is 478 g/mol. The zero-order valence-corrected chi connectivity index (χ0v) is 20.8. The number of rotatable bonds is 5. The van der Waals surface area contributed by atoms with Crippen molar-refractivity contribution in [2.75, 3.05) is 0 Å². The van der Waals surface area contributed by atoms with E-state index >= 15 is 0 Å². The molecule has 1 saturated carbocycles. The van der Waals surface area contributed by atoms with E-state index in [1.54, 1.807) is 48.0 Å². The van der Waals surface area contributed by atoms with Crippen LogP contribution in [-0.2, 0) is 4.79 Å². The van der Waals surface area contributed by atoms with Crippen LogP contribution in [0, 0.1) is 18.3 Å². The van der Waals surface area contributed by atoms with Gasteiger partial charge < -0.3 is 10.2 Å². The number of hydrogen-bond acceptors (Lipinski definition) is 5. The molecule has 0 bridgehead atoms. The van der Waals surface area contributed by atoms with Crippen LogP contribution in [0.1, 0.15) is 70.2 Å². The van der Waals surface area contributed by atoms with E-state index in [1.165, 1.54) is 6.08 Å². The molecule has 2 aliphatic carbocycles. The Balaban J connectivity index is 1.58. The molecule has 0 saturated heterocycles. The fraction of sp³-hybridized carbons (Fsp3) is 0.481. The normalized spacial score (nSPS) is 25.1. The van der Waals surface area contributed by atoms with Gasteiger partial charge in [0, 0.05) is 12.0 Å². The second kappa shape index (κ2) is 9.32. The number of azo groups is 1. The predicted octanol–water partition coefficient (Wildman–Crippen LogP) is 5.92. The summed E-state index contributed by atoms with van der Waals surface area (Å²) in [6, 6.07) is 6.84. The molecule has 4 rings (SSSR count). The summed E-state index contributed by atoms with van der Waals surface area (Å²) in [5.41, 5.74) is 0.183. The Morgan fingerprint density at radius 3 is 2.49 bits per heavy atom. The standard InChI is InChI=1S/C27H34N4O4/c1-17-23(24(33)31(29-17)20-13-11-19(12-14-20)26(2,3)4)28-30-27(25(34)35)15-7-8-18(16-27)21-9-5-6-10-22(21)32/h5-10,15,19-20,29,32H,11-14,16H2,1-4H3,(H,34,35). The molecule has 0 radical (unpaired) electrons. The van der Waals surface area contributed by atoms with Crippen molar-refractivity contribution in [3.63, 3.8) is 0 Å². The molecule has 1 aromatic heterocycles. The van der Waals surface area contributed by atoms with Crippen LogP contribution < -0.4 is 5.56 Å². The summed E-state index contributed by atoms with van der Waals surface area (Å²) in [7, 11) is 0. The van der Waals surface area contributed by atoms with Gasteiger partial charge in [0.1, 0.15) is 5.75 Å². The fourth-order valence-electron chi connectivity index (χ4n) is 5.19. The number of para-hydroxylation sites is 1. The van der Waals surface area contributed by atoms with Crippen LogP contribution in [-0.4, -0.2) is 31.5 Å². The molecule has 0 aliphatic heterocycles. The van der Waals surface area contributed by atoms with Gasteiger partial charge in [0.25, 0.3) is 5.56 Å². The largest absolute Gasteiger partial charge is 0.507 e. The molecule has 8 heteroatoms. The number of H-pyrrole nitrogens is 1. The summed E-state index contributed by atoms with van der Waals surface area (Å²) < 4.78 is 1.64. The number of carboxylic acid groups (broad SMARTS) is 1. The number of aliphatic carboxylic acids is 1. The Bertz CT molecular complexity index is 1250. The second-order valence-electron chi connectivity index (χ2n) is 10.8. The molecule has 3 N–H and O–H groups in total. The number of aryl methyl sites for hydroxylation is 1. The highest BCUT2D eigenvalue weighted by molar-refractivity contribution is 5.88. The van der Waals surface area contributed by atoms with E-state index in [0.717, 1.165) is 25.7 Å². The number of allylic oxidation sites excluding steroid dienone is 2. The van der Waals surface area contributed by atoms with Crippen molar-refractivity contribution >= 4 is 17.2 Å². The maximum Gasteiger partial charge on any atom is 0.337 e. The van der Waals surface area contributed by atoms with Crippen LogP contribution in [0.3, 0.4) is 0 Å². The Kier molecular flexibility index (Phi) is 6.58. The molecule has 0 spiro atoms. The van der Waals surface area contributed by atoms with Crippen LogP contribution in [0.25, 0.3) is 5.57 Å². The summed E-state index contributed by atoms with van der Waals surface area (Å²) in [4.78, 5) is 25.5. The summed E-state index contributed by atoms with van der Waals surface area (Å²) in [6.07, 6.45) is 8.78. The molecule has 2 aliphatic rings. The van der Waals surface area contributed by atoms with E-state index in [0.29, 0.717) is 22.7 Å². The smallest absolute Gasteiger partial charge is 0.337 e. The number of aromatic hydroxyl groups is 1. The first-order valence-electron chi connectivity index (χ1n) is 12.2. The lowest BCUT2D eigenvalue weighted by Gasteiger charge is -2.37. The van der Waals surface area contributed by atoms with Gasteiger partial charge in [-0.2, -0.15) is 5.11 Å². The van der Waals surface area contributed by atoms with Crippen LogP contribution in [0.15, 0.2) is 57.5 Å². The molecule has 35 heavy (non-hydrogen) atoms.